The van der Waals surface area contributed by atoms with Gasteiger partial charge in [-0.15, -0.1) is 11.3 Å². The van der Waals surface area contributed by atoms with Gasteiger partial charge in [0.05, 0.1) is 26.5 Å². The van der Waals surface area contributed by atoms with Gasteiger partial charge in [-0.25, -0.2) is 0 Å². The van der Waals surface area contributed by atoms with Gasteiger partial charge in [0.25, 0.3) is 0 Å². The Balaban J connectivity index is 1.37. The van der Waals surface area contributed by atoms with Crippen molar-refractivity contribution in [2.45, 2.75) is 0 Å². The van der Waals surface area contributed by atoms with Gasteiger partial charge in [-0.2, -0.15) is 0 Å². The van der Waals surface area contributed by atoms with E-state index < -0.39 is 0 Å². The van der Waals surface area contributed by atoms with E-state index in [0.717, 1.165) is 4.47 Å². The van der Waals surface area contributed by atoms with Gasteiger partial charge in [0.15, 0.2) is 0 Å². The maximum absolute atomic E-state index is 3.76. The third-order valence-corrected chi connectivity index (χ3v) is 9.29. The summed E-state index contributed by atoms with van der Waals surface area (Å²) in [6, 6.07) is 43.9. The van der Waals surface area contributed by atoms with Crippen molar-refractivity contribution >= 4 is 70.9 Å². The maximum atomic E-state index is 3.76. The van der Waals surface area contributed by atoms with E-state index in [4.69, 9.17) is 0 Å². The molecule has 0 aliphatic rings. The molecule has 0 unspecified atom stereocenters. The molecule has 3 heterocycles. The summed E-state index contributed by atoms with van der Waals surface area (Å²) in [5.74, 6) is 0. The lowest BCUT2D eigenvalue weighted by atomic mass is 10.0. The van der Waals surface area contributed by atoms with E-state index in [9.17, 15) is 0 Å². The average Bonchev–Trinajstić information content (AvgIpc) is 3.64. The predicted octanol–water partition coefficient (Wildman–Crippen LogP) is 10.4. The lowest BCUT2D eigenvalue weighted by Gasteiger charge is -2.09. The number of para-hydroxylation sites is 3. The lowest BCUT2D eigenvalue weighted by molar-refractivity contribution is 1.18. The summed E-state index contributed by atoms with van der Waals surface area (Å²) in [7, 11) is 0. The molecule has 180 valence electrons. The van der Waals surface area contributed by atoms with Crippen LogP contribution >= 0.6 is 27.3 Å². The number of rotatable bonds is 3. The minimum atomic E-state index is 1.12. The monoisotopic (exact) mass is 568 g/mol. The summed E-state index contributed by atoms with van der Waals surface area (Å²) in [6.45, 7) is 0. The van der Waals surface area contributed by atoms with Crippen LogP contribution in [0.2, 0.25) is 0 Å². The summed E-state index contributed by atoms with van der Waals surface area (Å²) in [5, 5.41) is 8.42. The molecule has 0 aliphatic carbocycles. The Hall–Kier alpha value is -4.12. The largest absolute Gasteiger partial charge is 0.309 e. The van der Waals surface area contributed by atoms with E-state index in [0.29, 0.717) is 0 Å². The van der Waals surface area contributed by atoms with Crippen molar-refractivity contribution in [2.75, 3.05) is 0 Å². The van der Waals surface area contributed by atoms with E-state index in [1.165, 1.54) is 65.4 Å². The molecule has 3 aromatic heterocycles. The van der Waals surface area contributed by atoms with Crippen molar-refractivity contribution in [3.63, 3.8) is 0 Å². The SMILES string of the molecule is Brc1ccsc1-n1c2ccccc2c2cc(-c3ccc4c(c3)c3ccccc3n4-c3ccccc3)ccc21. The molecule has 0 fully saturated rings. The zero-order valence-electron chi connectivity index (χ0n) is 20.3. The molecule has 0 atom stereocenters. The van der Waals surface area contributed by atoms with Gasteiger partial charge in [-0.3, -0.25) is 4.57 Å². The van der Waals surface area contributed by atoms with Gasteiger partial charge < -0.3 is 4.57 Å². The highest BCUT2D eigenvalue weighted by Gasteiger charge is 2.17. The average molecular weight is 570 g/mol. The van der Waals surface area contributed by atoms with Gasteiger partial charge in [-0.05, 0) is 87.0 Å². The van der Waals surface area contributed by atoms with Crippen molar-refractivity contribution in [3.05, 3.63) is 131 Å². The molecule has 0 aliphatic heterocycles. The molecule has 0 saturated carbocycles. The Morgan fingerprint density at radius 2 is 1.00 bits per heavy atom. The number of aromatic nitrogens is 2. The van der Waals surface area contributed by atoms with E-state index >= 15 is 0 Å². The van der Waals surface area contributed by atoms with Crippen LogP contribution in [0.1, 0.15) is 0 Å². The Morgan fingerprint density at radius 3 is 1.61 bits per heavy atom. The van der Waals surface area contributed by atoms with E-state index in [1.807, 2.05) is 0 Å². The molecule has 0 spiro atoms. The number of thiophene rings is 1. The van der Waals surface area contributed by atoms with Crippen LogP contribution in [0.3, 0.4) is 0 Å². The second-order valence-electron chi connectivity index (χ2n) is 9.58. The Bertz CT molecular complexity index is 2150. The van der Waals surface area contributed by atoms with Gasteiger partial charge in [-0.1, -0.05) is 66.7 Å². The smallest absolute Gasteiger partial charge is 0.114 e. The van der Waals surface area contributed by atoms with Crippen molar-refractivity contribution in [2.24, 2.45) is 0 Å². The minimum Gasteiger partial charge on any atom is -0.309 e. The summed E-state index contributed by atoms with van der Waals surface area (Å²) in [6.07, 6.45) is 0. The third-order valence-electron chi connectivity index (χ3n) is 7.49. The van der Waals surface area contributed by atoms with Crippen LogP contribution in [-0.2, 0) is 0 Å². The van der Waals surface area contributed by atoms with Crippen LogP contribution in [0.25, 0.3) is 65.4 Å². The topological polar surface area (TPSA) is 9.86 Å². The number of fused-ring (bicyclic) bond motifs is 6. The van der Waals surface area contributed by atoms with Crippen LogP contribution < -0.4 is 0 Å². The molecule has 38 heavy (non-hydrogen) atoms. The summed E-state index contributed by atoms with van der Waals surface area (Å²) >= 11 is 5.51. The van der Waals surface area contributed by atoms with Crippen LogP contribution in [0.15, 0.2) is 131 Å². The lowest BCUT2D eigenvalue weighted by Crippen LogP contribution is -1.92. The van der Waals surface area contributed by atoms with Crippen molar-refractivity contribution in [3.8, 4) is 21.8 Å². The summed E-state index contributed by atoms with van der Waals surface area (Å²) in [5.41, 5.74) is 8.53. The quantitative estimate of drug-likeness (QED) is 0.200. The maximum Gasteiger partial charge on any atom is 0.114 e. The zero-order valence-corrected chi connectivity index (χ0v) is 22.7. The molecule has 0 N–H and O–H groups in total. The molecular formula is C34H21BrN2S. The number of nitrogens with zero attached hydrogens (tertiary/aromatic N) is 2. The van der Waals surface area contributed by atoms with Crippen molar-refractivity contribution in [1.29, 1.82) is 0 Å². The summed E-state index contributed by atoms with van der Waals surface area (Å²) < 4.78 is 5.86. The Kier molecular flexibility index (Phi) is 4.87. The fraction of sp³-hybridized carbons (Fsp3) is 0. The molecule has 8 rings (SSSR count). The summed E-state index contributed by atoms with van der Waals surface area (Å²) in [4.78, 5) is 0. The Labute approximate surface area is 232 Å². The second kappa shape index (κ2) is 8.45. The molecule has 0 amide bonds. The molecule has 4 heteroatoms. The van der Waals surface area contributed by atoms with Crippen LogP contribution in [0.4, 0.5) is 0 Å². The first-order valence-electron chi connectivity index (χ1n) is 12.6. The van der Waals surface area contributed by atoms with Crippen molar-refractivity contribution < 1.29 is 0 Å². The van der Waals surface area contributed by atoms with Gasteiger partial charge in [0.1, 0.15) is 5.00 Å². The molecule has 0 bridgehead atoms. The molecule has 2 nitrogen and oxygen atoms in total. The van der Waals surface area contributed by atoms with Crippen LogP contribution in [-0.4, -0.2) is 9.13 Å². The highest BCUT2D eigenvalue weighted by Crippen LogP contribution is 2.40. The first-order valence-corrected chi connectivity index (χ1v) is 14.3. The first kappa shape index (κ1) is 21.9. The minimum absolute atomic E-state index is 1.12. The van der Waals surface area contributed by atoms with Gasteiger partial charge in [0, 0.05) is 27.2 Å². The molecule has 0 saturated heterocycles. The number of halogens is 1. The van der Waals surface area contributed by atoms with E-state index in [2.05, 4.69) is 152 Å². The fourth-order valence-corrected chi connectivity index (χ4v) is 7.40. The fourth-order valence-electron chi connectivity index (χ4n) is 5.82. The number of hydrogen-bond acceptors (Lipinski definition) is 1. The van der Waals surface area contributed by atoms with Crippen LogP contribution in [0.5, 0.6) is 0 Å². The van der Waals surface area contributed by atoms with Gasteiger partial charge >= 0.3 is 0 Å². The number of hydrogen-bond donors (Lipinski definition) is 0. The Morgan fingerprint density at radius 1 is 0.474 bits per heavy atom. The van der Waals surface area contributed by atoms with Crippen LogP contribution in [0, 0.1) is 0 Å². The predicted molar refractivity (Wildman–Crippen MR) is 166 cm³/mol. The molecule has 8 aromatic rings. The molecular weight excluding hydrogens is 548 g/mol. The molecule has 5 aromatic carbocycles. The van der Waals surface area contributed by atoms with Crippen molar-refractivity contribution in [1.82, 2.24) is 9.13 Å². The van der Waals surface area contributed by atoms with Gasteiger partial charge in [0.2, 0.25) is 0 Å². The highest BCUT2D eigenvalue weighted by atomic mass is 79.9. The standard InChI is InChI=1S/C34H21BrN2S/c35-29-18-19-38-34(29)37-31-13-7-5-11-26(31)28-21-23(15-17-33(28)37)22-14-16-32-27(20-22)25-10-4-6-12-30(25)36(32)24-8-2-1-3-9-24/h1-21H. The number of benzene rings is 5. The first-order chi connectivity index (χ1) is 18.8. The highest BCUT2D eigenvalue weighted by molar-refractivity contribution is 9.10. The zero-order chi connectivity index (χ0) is 25.2. The van der Waals surface area contributed by atoms with E-state index in [-0.39, 0.29) is 0 Å². The third kappa shape index (κ3) is 3.17. The molecule has 0 radical (unpaired) electrons. The van der Waals surface area contributed by atoms with E-state index in [1.54, 1.807) is 11.3 Å². The normalized spacial score (nSPS) is 11.8. The second-order valence-corrected chi connectivity index (χ2v) is 11.3.